The molecule has 14 nitrogen and oxygen atoms in total. The van der Waals surface area contributed by atoms with Crippen LogP contribution in [0.25, 0.3) is 0 Å². The summed E-state index contributed by atoms with van der Waals surface area (Å²) in [6.07, 6.45) is -15.8. The molecule has 2 aliphatic heterocycles. The van der Waals surface area contributed by atoms with Crippen molar-refractivity contribution in [3.8, 4) is 11.5 Å². The molecule has 0 radical (unpaired) electrons. The summed E-state index contributed by atoms with van der Waals surface area (Å²) in [5, 5.41) is 72.7. The Bertz CT molecular complexity index is 853. The zero-order valence-electron chi connectivity index (χ0n) is 19.0. The fourth-order valence-corrected chi connectivity index (χ4v) is 3.90. The van der Waals surface area contributed by atoms with Crippen LogP contribution in [0.1, 0.15) is 10.4 Å². The second kappa shape index (κ2) is 11.7. The second-order valence-corrected chi connectivity index (χ2v) is 8.10. The average molecular weight is 505 g/mol. The highest BCUT2D eigenvalue weighted by Crippen LogP contribution is 2.30. The molecule has 2 saturated heterocycles. The third-order valence-corrected chi connectivity index (χ3v) is 5.92. The summed E-state index contributed by atoms with van der Waals surface area (Å²) >= 11 is 0. The molecule has 1 aromatic carbocycles. The van der Waals surface area contributed by atoms with Gasteiger partial charge in [-0.15, -0.1) is 0 Å². The first-order chi connectivity index (χ1) is 16.7. The standard InChI is InChI=1S/C21H31NO13/c1-31-9-4-3-8(5-10(9)32-2)19(30)22-20-16(28)15(27)18(12(7-24)33-20)35-21-17(29)14(26)13(25)11(6-23)34-21/h3-5,11-18,20-21,23-29H,6-7H2,1-2H3,(H,22,30)/t11-,12-,13+,14+,15-,16-,17-,18+,20-,21-/m1/s1. The number of nitrogens with one attached hydrogen (secondary N) is 1. The van der Waals surface area contributed by atoms with E-state index in [-0.39, 0.29) is 11.3 Å². The molecule has 10 atom stereocenters. The van der Waals surface area contributed by atoms with Crippen molar-refractivity contribution in [2.24, 2.45) is 0 Å². The summed E-state index contributed by atoms with van der Waals surface area (Å²) < 4.78 is 26.5. The van der Waals surface area contributed by atoms with Crippen LogP contribution >= 0.6 is 0 Å². The summed E-state index contributed by atoms with van der Waals surface area (Å²) in [5.41, 5.74) is 0.133. The molecular formula is C21H31NO13. The van der Waals surface area contributed by atoms with Crippen molar-refractivity contribution in [1.82, 2.24) is 5.32 Å². The summed E-state index contributed by atoms with van der Waals surface area (Å²) in [5.74, 6) is -0.0133. The van der Waals surface area contributed by atoms with Crippen LogP contribution < -0.4 is 14.8 Å². The minimum absolute atomic E-state index is 0.133. The molecule has 35 heavy (non-hydrogen) atoms. The van der Waals surface area contributed by atoms with E-state index in [0.29, 0.717) is 5.75 Å². The predicted molar refractivity (Wildman–Crippen MR) is 113 cm³/mol. The minimum atomic E-state index is -1.78. The first-order valence-corrected chi connectivity index (χ1v) is 10.8. The molecule has 0 spiro atoms. The zero-order chi connectivity index (χ0) is 25.9. The monoisotopic (exact) mass is 505 g/mol. The zero-order valence-corrected chi connectivity index (χ0v) is 19.0. The number of hydrogen-bond donors (Lipinski definition) is 8. The third kappa shape index (κ3) is 5.67. The topological polar surface area (TPSA) is 217 Å². The van der Waals surface area contributed by atoms with Crippen LogP contribution in [-0.4, -0.2) is 130 Å². The van der Waals surface area contributed by atoms with E-state index in [4.69, 9.17) is 23.7 Å². The number of ether oxygens (including phenoxy) is 5. The SMILES string of the molecule is COc1ccc(C(=O)N[C@@H]2O[C@H](CO)[C@H](O[C@H]3O[C@H](CO)[C@H](O)[C@H](O)[C@H]3O)[C@H](O)[C@H]2O)cc1OC. The van der Waals surface area contributed by atoms with Gasteiger partial charge in [0.05, 0.1) is 27.4 Å². The number of rotatable bonds is 8. The van der Waals surface area contributed by atoms with Crippen LogP contribution in [0.2, 0.25) is 0 Å². The van der Waals surface area contributed by atoms with Crippen LogP contribution in [0.3, 0.4) is 0 Å². The maximum Gasteiger partial charge on any atom is 0.253 e. The Kier molecular flexibility index (Phi) is 9.22. The van der Waals surface area contributed by atoms with E-state index in [0.717, 1.165) is 0 Å². The Morgan fingerprint density at radius 1 is 0.857 bits per heavy atom. The summed E-state index contributed by atoms with van der Waals surface area (Å²) in [6.45, 7) is -1.43. The average Bonchev–Trinajstić information content (AvgIpc) is 2.87. The lowest BCUT2D eigenvalue weighted by Crippen LogP contribution is -2.66. The number of carbonyl (C=O) groups is 1. The number of hydrogen-bond acceptors (Lipinski definition) is 13. The van der Waals surface area contributed by atoms with Gasteiger partial charge in [0.2, 0.25) is 0 Å². The van der Waals surface area contributed by atoms with Gasteiger partial charge in [0, 0.05) is 5.56 Å². The molecule has 1 amide bonds. The van der Waals surface area contributed by atoms with Crippen molar-refractivity contribution in [2.45, 2.75) is 61.3 Å². The molecule has 0 aliphatic carbocycles. The largest absolute Gasteiger partial charge is 0.493 e. The molecule has 3 rings (SSSR count). The van der Waals surface area contributed by atoms with Crippen LogP contribution in [-0.2, 0) is 14.2 Å². The van der Waals surface area contributed by atoms with E-state index < -0.39 is 80.5 Å². The Labute approximate surface area is 200 Å². The van der Waals surface area contributed by atoms with Crippen molar-refractivity contribution in [3.05, 3.63) is 23.8 Å². The molecule has 2 heterocycles. The molecule has 0 saturated carbocycles. The van der Waals surface area contributed by atoms with Gasteiger partial charge in [0.25, 0.3) is 5.91 Å². The molecule has 0 unspecified atom stereocenters. The van der Waals surface area contributed by atoms with Gasteiger partial charge in [-0.3, -0.25) is 4.79 Å². The lowest BCUT2D eigenvalue weighted by Gasteiger charge is -2.46. The summed E-state index contributed by atoms with van der Waals surface area (Å²) in [7, 11) is 2.83. The number of aliphatic hydroxyl groups is 7. The Hall–Kier alpha value is -2.11. The molecule has 14 heteroatoms. The highest BCUT2D eigenvalue weighted by atomic mass is 16.7. The molecular weight excluding hydrogens is 474 g/mol. The summed E-state index contributed by atoms with van der Waals surface area (Å²) in [6, 6.07) is 4.34. The molecule has 2 fully saturated rings. The Morgan fingerprint density at radius 2 is 1.51 bits per heavy atom. The van der Waals surface area contributed by atoms with Crippen molar-refractivity contribution >= 4 is 5.91 Å². The number of aliphatic hydroxyl groups excluding tert-OH is 7. The Balaban J connectivity index is 1.71. The van der Waals surface area contributed by atoms with Gasteiger partial charge in [-0.25, -0.2) is 0 Å². The van der Waals surface area contributed by atoms with Gasteiger partial charge >= 0.3 is 0 Å². The molecule has 1 aromatic rings. The van der Waals surface area contributed by atoms with Crippen LogP contribution in [0.5, 0.6) is 11.5 Å². The van der Waals surface area contributed by atoms with Gasteiger partial charge in [0.15, 0.2) is 24.0 Å². The summed E-state index contributed by atoms with van der Waals surface area (Å²) in [4.78, 5) is 12.7. The van der Waals surface area contributed by atoms with Crippen molar-refractivity contribution < 1.29 is 64.2 Å². The predicted octanol–water partition coefficient (Wildman–Crippen LogP) is -3.94. The van der Waals surface area contributed by atoms with Crippen LogP contribution in [0, 0.1) is 0 Å². The maximum atomic E-state index is 12.7. The Morgan fingerprint density at radius 3 is 2.11 bits per heavy atom. The van der Waals surface area contributed by atoms with Crippen molar-refractivity contribution in [1.29, 1.82) is 0 Å². The number of amides is 1. The maximum absolute atomic E-state index is 12.7. The van der Waals surface area contributed by atoms with E-state index in [1.807, 2.05) is 0 Å². The van der Waals surface area contributed by atoms with Crippen LogP contribution in [0.4, 0.5) is 0 Å². The molecule has 198 valence electrons. The molecule has 2 aliphatic rings. The lowest BCUT2D eigenvalue weighted by molar-refractivity contribution is -0.342. The van der Waals surface area contributed by atoms with Gasteiger partial charge in [-0.05, 0) is 18.2 Å². The molecule has 0 bridgehead atoms. The highest BCUT2D eigenvalue weighted by molar-refractivity contribution is 5.95. The van der Waals surface area contributed by atoms with E-state index in [9.17, 15) is 40.5 Å². The molecule has 8 N–H and O–H groups in total. The van der Waals surface area contributed by atoms with E-state index in [1.165, 1.54) is 32.4 Å². The van der Waals surface area contributed by atoms with Crippen molar-refractivity contribution in [2.75, 3.05) is 27.4 Å². The lowest BCUT2D eigenvalue weighted by atomic mass is 9.96. The van der Waals surface area contributed by atoms with Gasteiger partial charge in [-0.2, -0.15) is 0 Å². The van der Waals surface area contributed by atoms with Gasteiger partial charge < -0.3 is 64.7 Å². The first-order valence-electron chi connectivity index (χ1n) is 10.8. The fraction of sp³-hybridized carbons (Fsp3) is 0.667. The number of methoxy groups -OCH3 is 2. The molecule has 0 aromatic heterocycles. The number of benzene rings is 1. The number of carbonyl (C=O) groups excluding carboxylic acids is 1. The van der Waals surface area contributed by atoms with Crippen molar-refractivity contribution in [3.63, 3.8) is 0 Å². The van der Waals surface area contributed by atoms with Gasteiger partial charge in [-0.1, -0.05) is 0 Å². The first kappa shape index (κ1) is 27.5. The van der Waals surface area contributed by atoms with Gasteiger partial charge in [0.1, 0.15) is 48.8 Å². The third-order valence-electron chi connectivity index (χ3n) is 5.92. The normalized spacial score (nSPS) is 37.5. The fourth-order valence-electron chi connectivity index (χ4n) is 3.90. The van der Waals surface area contributed by atoms with E-state index in [2.05, 4.69) is 5.32 Å². The van der Waals surface area contributed by atoms with E-state index >= 15 is 0 Å². The van der Waals surface area contributed by atoms with E-state index in [1.54, 1.807) is 0 Å². The second-order valence-electron chi connectivity index (χ2n) is 8.10. The quantitative estimate of drug-likeness (QED) is 0.169. The highest BCUT2D eigenvalue weighted by Gasteiger charge is 2.50. The smallest absolute Gasteiger partial charge is 0.253 e. The minimum Gasteiger partial charge on any atom is -0.493 e. The van der Waals surface area contributed by atoms with Crippen LogP contribution in [0.15, 0.2) is 18.2 Å².